The fourth-order valence-corrected chi connectivity index (χ4v) is 4.24. The second-order valence-corrected chi connectivity index (χ2v) is 7.03. The second-order valence-electron chi connectivity index (χ2n) is 7.03. The number of rotatable bonds is 2. The summed E-state index contributed by atoms with van der Waals surface area (Å²) in [5.41, 5.74) is 2.70. The van der Waals surface area contributed by atoms with Crippen molar-refractivity contribution in [1.29, 1.82) is 0 Å². The first-order chi connectivity index (χ1) is 13.1. The van der Waals surface area contributed by atoms with Gasteiger partial charge in [0.1, 0.15) is 11.7 Å². The van der Waals surface area contributed by atoms with E-state index in [0.717, 1.165) is 22.6 Å². The normalized spacial score (nSPS) is 23.6. The summed E-state index contributed by atoms with van der Waals surface area (Å²) in [5, 5.41) is 10.5. The molecule has 2 aromatic heterocycles. The molecule has 1 aliphatic heterocycles. The van der Waals surface area contributed by atoms with Gasteiger partial charge in [0.05, 0.1) is 17.7 Å². The van der Waals surface area contributed by atoms with E-state index in [9.17, 15) is 9.18 Å². The van der Waals surface area contributed by atoms with Gasteiger partial charge in [-0.1, -0.05) is 30.3 Å². The van der Waals surface area contributed by atoms with Crippen molar-refractivity contribution in [3.63, 3.8) is 0 Å². The van der Waals surface area contributed by atoms with E-state index in [1.807, 2.05) is 48.1 Å². The van der Waals surface area contributed by atoms with Gasteiger partial charge in [-0.25, -0.2) is 14.5 Å². The third kappa shape index (κ3) is 2.46. The molecule has 0 bridgehead atoms. The van der Waals surface area contributed by atoms with Crippen molar-refractivity contribution >= 4 is 0 Å². The van der Waals surface area contributed by atoms with Gasteiger partial charge in [0.25, 0.3) is 5.56 Å². The lowest BCUT2D eigenvalue weighted by molar-refractivity contribution is 0.379. The molecule has 3 atom stereocenters. The van der Waals surface area contributed by atoms with Crippen LogP contribution in [0.1, 0.15) is 46.2 Å². The summed E-state index contributed by atoms with van der Waals surface area (Å²) >= 11 is 0. The summed E-state index contributed by atoms with van der Waals surface area (Å²) in [7, 11) is 1.94. The summed E-state index contributed by atoms with van der Waals surface area (Å²) in [6, 6.07) is 9.45. The maximum Gasteiger partial charge on any atom is 0.268 e. The zero-order valence-corrected chi connectivity index (χ0v) is 14.7. The zero-order chi connectivity index (χ0) is 18.5. The molecule has 3 unspecified atom stereocenters. The molecule has 1 aliphatic carbocycles. The van der Waals surface area contributed by atoms with Gasteiger partial charge in [-0.05, 0) is 11.6 Å². The number of benzene rings is 1. The van der Waals surface area contributed by atoms with Crippen LogP contribution in [0.5, 0.6) is 0 Å². The lowest BCUT2D eigenvalue weighted by atomic mass is 9.78. The third-order valence-electron chi connectivity index (χ3n) is 5.44. The van der Waals surface area contributed by atoms with Crippen molar-refractivity contribution in [2.24, 2.45) is 7.05 Å². The van der Waals surface area contributed by atoms with E-state index < -0.39 is 0 Å². The topological polar surface area (TPSA) is 75.6 Å². The average molecular weight is 363 g/mol. The molecule has 0 fully saturated rings. The van der Waals surface area contributed by atoms with Gasteiger partial charge >= 0.3 is 0 Å². The number of H-pyrrole nitrogens is 1. The molecule has 2 N–H and O–H groups in total. The number of aromatic amines is 1. The lowest BCUT2D eigenvalue weighted by Crippen LogP contribution is -2.41. The number of aryl methyl sites for hydroxylation is 1. The number of hydrogen-bond acceptors (Lipinski definition) is 4. The predicted molar refractivity (Wildman–Crippen MR) is 97.9 cm³/mol. The molecule has 3 aromatic rings. The minimum atomic E-state index is -0.389. The van der Waals surface area contributed by atoms with E-state index in [-0.39, 0.29) is 35.8 Å². The quantitative estimate of drug-likeness (QED) is 0.733. The smallest absolute Gasteiger partial charge is 0.268 e. The van der Waals surface area contributed by atoms with Crippen LogP contribution in [0.15, 0.2) is 59.4 Å². The Morgan fingerprint density at radius 2 is 2.07 bits per heavy atom. The molecular weight excluding hydrogens is 345 g/mol. The maximum atomic E-state index is 14.2. The van der Waals surface area contributed by atoms with Gasteiger partial charge in [0.2, 0.25) is 0 Å². The SMILES string of the molecule is Cn1ccnc1C1c2n[nH]c(=O)c3c2C(C=C(F)C3)NC1c1ccccc1. The molecule has 7 heteroatoms. The summed E-state index contributed by atoms with van der Waals surface area (Å²) in [4.78, 5) is 16.8. The Kier molecular flexibility index (Phi) is 3.58. The van der Waals surface area contributed by atoms with Crippen LogP contribution in [0.3, 0.4) is 0 Å². The Bertz CT molecular complexity index is 1100. The summed E-state index contributed by atoms with van der Waals surface area (Å²) in [6.45, 7) is 0. The number of nitrogens with zero attached hydrogens (tertiary/aromatic N) is 3. The lowest BCUT2D eigenvalue weighted by Gasteiger charge is -2.39. The summed E-state index contributed by atoms with van der Waals surface area (Å²) < 4.78 is 16.2. The zero-order valence-electron chi connectivity index (χ0n) is 14.7. The molecule has 0 saturated carbocycles. The predicted octanol–water partition coefficient (Wildman–Crippen LogP) is 2.43. The first kappa shape index (κ1) is 16.1. The number of aromatic nitrogens is 4. The van der Waals surface area contributed by atoms with Crippen LogP contribution in [0, 0.1) is 0 Å². The van der Waals surface area contributed by atoms with Crippen LogP contribution in [0.2, 0.25) is 0 Å². The van der Waals surface area contributed by atoms with Crippen LogP contribution in [0.25, 0.3) is 0 Å². The van der Waals surface area contributed by atoms with E-state index in [0.29, 0.717) is 5.56 Å². The molecule has 2 aliphatic rings. The maximum absolute atomic E-state index is 14.2. The van der Waals surface area contributed by atoms with E-state index in [1.54, 1.807) is 12.3 Å². The highest BCUT2D eigenvalue weighted by Gasteiger charge is 2.42. The minimum Gasteiger partial charge on any atom is -0.337 e. The molecule has 0 saturated heterocycles. The number of nitrogens with one attached hydrogen (secondary N) is 2. The molecule has 0 amide bonds. The Balaban J connectivity index is 1.78. The molecule has 1 aromatic carbocycles. The molecule has 5 rings (SSSR count). The third-order valence-corrected chi connectivity index (χ3v) is 5.44. The van der Waals surface area contributed by atoms with Crippen molar-refractivity contribution in [2.45, 2.75) is 24.4 Å². The average Bonchev–Trinajstić information content (AvgIpc) is 3.10. The van der Waals surface area contributed by atoms with Gasteiger partial charge in [-0.3, -0.25) is 10.1 Å². The van der Waals surface area contributed by atoms with Crippen LogP contribution in [-0.4, -0.2) is 19.7 Å². The van der Waals surface area contributed by atoms with Gasteiger partial charge in [0, 0.05) is 43.0 Å². The molecule has 0 radical (unpaired) electrons. The molecule has 136 valence electrons. The van der Waals surface area contributed by atoms with Gasteiger partial charge < -0.3 is 4.57 Å². The largest absolute Gasteiger partial charge is 0.337 e. The molecule has 0 spiro atoms. The molecule has 6 nitrogen and oxygen atoms in total. The highest BCUT2D eigenvalue weighted by atomic mass is 19.1. The fraction of sp³-hybridized carbons (Fsp3) is 0.250. The Labute approximate surface area is 154 Å². The highest BCUT2D eigenvalue weighted by Crippen LogP contribution is 2.45. The van der Waals surface area contributed by atoms with E-state index in [1.165, 1.54) is 0 Å². The number of allylic oxidation sites excluding steroid dienone is 1. The number of imidazole rings is 1. The number of halogens is 1. The van der Waals surface area contributed by atoms with E-state index in [2.05, 4.69) is 20.5 Å². The Morgan fingerprint density at radius 1 is 1.26 bits per heavy atom. The molecular formula is C20H18FN5O. The monoisotopic (exact) mass is 363 g/mol. The van der Waals surface area contributed by atoms with Crippen LogP contribution in [0.4, 0.5) is 4.39 Å². The van der Waals surface area contributed by atoms with Crippen molar-refractivity contribution < 1.29 is 4.39 Å². The van der Waals surface area contributed by atoms with E-state index >= 15 is 0 Å². The molecule has 3 heterocycles. The van der Waals surface area contributed by atoms with Crippen molar-refractivity contribution in [2.75, 3.05) is 0 Å². The van der Waals surface area contributed by atoms with Crippen molar-refractivity contribution in [3.05, 3.63) is 93.2 Å². The van der Waals surface area contributed by atoms with Crippen LogP contribution < -0.4 is 10.9 Å². The fourth-order valence-electron chi connectivity index (χ4n) is 4.24. The van der Waals surface area contributed by atoms with Crippen molar-refractivity contribution in [1.82, 2.24) is 25.1 Å². The summed E-state index contributed by atoms with van der Waals surface area (Å²) in [5.74, 6) is 0.334. The van der Waals surface area contributed by atoms with Crippen LogP contribution >= 0.6 is 0 Å². The summed E-state index contributed by atoms with van der Waals surface area (Å²) in [6.07, 6.45) is 5.20. The van der Waals surface area contributed by atoms with Gasteiger partial charge in [0.15, 0.2) is 0 Å². The minimum absolute atomic E-state index is 0.00164. The highest BCUT2D eigenvalue weighted by molar-refractivity contribution is 5.47. The Hall–Kier alpha value is -3.06. The molecule has 27 heavy (non-hydrogen) atoms. The van der Waals surface area contributed by atoms with Gasteiger partial charge in [-0.2, -0.15) is 5.10 Å². The first-order valence-electron chi connectivity index (χ1n) is 8.89. The first-order valence-corrected chi connectivity index (χ1v) is 8.89. The standard InChI is InChI=1S/C20H18FN5O/c1-26-8-7-22-19(26)16-17(11-5-3-2-4-6-11)23-14-10-12(21)9-13-15(14)18(16)24-25-20(13)27/h2-8,10,14,16-17,23H,9H2,1H3,(H,25,27). The Morgan fingerprint density at radius 3 is 2.81 bits per heavy atom. The number of hydrogen-bond donors (Lipinski definition) is 2. The van der Waals surface area contributed by atoms with Crippen LogP contribution in [-0.2, 0) is 13.5 Å². The van der Waals surface area contributed by atoms with E-state index in [4.69, 9.17) is 0 Å². The van der Waals surface area contributed by atoms with Crippen molar-refractivity contribution in [3.8, 4) is 0 Å². The van der Waals surface area contributed by atoms with Gasteiger partial charge in [-0.15, -0.1) is 0 Å². The second kappa shape index (κ2) is 5.99.